The van der Waals surface area contributed by atoms with Crippen LogP contribution in [0, 0.1) is 0 Å². The average molecular weight is 441 g/mol. The Bertz CT molecular complexity index is 1020. The van der Waals surface area contributed by atoms with Gasteiger partial charge in [0.2, 0.25) is 5.91 Å². The van der Waals surface area contributed by atoms with E-state index in [1.807, 2.05) is 29.6 Å². The highest BCUT2D eigenvalue weighted by Gasteiger charge is 2.09. The number of nitrogens with zero attached hydrogens (tertiary/aromatic N) is 1. The van der Waals surface area contributed by atoms with Gasteiger partial charge in [-0.25, -0.2) is 9.78 Å². The van der Waals surface area contributed by atoms with E-state index in [1.54, 1.807) is 38.5 Å². The van der Waals surface area contributed by atoms with Gasteiger partial charge in [-0.2, -0.15) is 0 Å². The zero-order valence-corrected chi connectivity index (χ0v) is 18.1. The molecule has 3 amide bonds. The topological polar surface area (TPSA) is 102 Å². The summed E-state index contributed by atoms with van der Waals surface area (Å²) in [4.78, 5) is 28.6. The first kappa shape index (κ1) is 22.1. The van der Waals surface area contributed by atoms with Crippen LogP contribution in [0.1, 0.15) is 17.7 Å². The minimum atomic E-state index is -0.387. The lowest BCUT2D eigenvalue weighted by atomic mass is 10.2. The second-order valence-corrected chi connectivity index (χ2v) is 7.44. The van der Waals surface area contributed by atoms with Gasteiger partial charge in [-0.3, -0.25) is 10.1 Å². The van der Waals surface area contributed by atoms with Crippen LogP contribution in [0.4, 0.5) is 15.6 Å². The Hall–Kier alpha value is -3.59. The predicted octanol–water partition coefficient (Wildman–Crippen LogP) is 4.05. The summed E-state index contributed by atoms with van der Waals surface area (Å²) >= 11 is 1.31. The van der Waals surface area contributed by atoms with Crippen molar-refractivity contribution < 1.29 is 19.1 Å². The highest BCUT2D eigenvalue weighted by atomic mass is 32.1. The number of benzene rings is 2. The third-order valence-electron chi connectivity index (χ3n) is 4.35. The second kappa shape index (κ2) is 11.0. The van der Waals surface area contributed by atoms with E-state index in [-0.39, 0.29) is 11.9 Å². The van der Waals surface area contributed by atoms with Crippen molar-refractivity contribution in [3.63, 3.8) is 0 Å². The maximum absolute atomic E-state index is 12.1. The lowest BCUT2D eigenvalue weighted by Crippen LogP contribution is -2.23. The van der Waals surface area contributed by atoms with Crippen LogP contribution >= 0.6 is 11.3 Å². The van der Waals surface area contributed by atoms with E-state index >= 15 is 0 Å². The molecule has 8 nitrogen and oxygen atoms in total. The molecule has 0 saturated carbocycles. The molecule has 0 aliphatic heterocycles. The summed E-state index contributed by atoms with van der Waals surface area (Å²) < 4.78 is 10.3. The molecule has 0 atom stereocenters. The van der Waals surface area contributed by atoms with Crippen molar-refractivity contribution in [3.05, 3.63) is 65.2 Å². The lowest BCUT2D eigenvalue weighted by Gasteiger charge is -2.07. The average Bonchev–Trinajstić information content (AvgIpc) is 3.24. The molecule has 2 aromatic carbocycles. The largest absolute Gasteiger partial charge is 0.497 e. The number of thiazole rings is 1. The molecule has 0 saturated heterocycles. The Morgan fingerprint density at radius 1 is 1.00 bits per heavy atom. The van der Waals surface area contributed by atoms with Crippen molar-refractivity contribution in [1.29, 1.82) is 0 Å². The molecule has 31 heavy (non-hydrogen) atoms. The third-order valence-corrected chi connectivity index (χ3v) is 5.16. The van der Waals surface area contributed by atoms with Gasteiger partial charge in [-0.05, 0) is 48.4 Å². The summed E-state index contributed by atoms with van der Waals surface area (Å²) in [6.45, 7) is 0.436. The Kier molecular flexibility index (Phi) is 7.83. The fourth-order valence-electron chi connectivity index (χ4n) is 2.73. The normalized spacial score (nSPS) is 10.3. The number of rotatable bonds is 9. The maximum atomic E-state index is 12.1. The van der Waals surface area contributed by atoms with Gasteiger partial charge >= 0.3 is 6.03 Å². The standard InChI is InChI=1S/C22H24N4O4S/c1-29-18-9-6-16(7-10-18)24-21(28)26-22-25-17(14-31-22)8-11-20(27)23-13-15-4-3-5-19(12-15)30-2/h3-7,9-10,12,14H,8,11,13H2,1-2H3,(H,23,27)(H2,24,25,26,28). The molecule has 0 fully saturated rings. The second-order valence-electron chi connectivity index (χ2n) is 6.58. The molecule has 162 valence electrons. The van der Waals surface area contributed by atoms with Crippen LogP contribution in [0.2, 0.25) is 0 Å². The van der Waals surface area contributed by atoms with Gasteiger partial charge in [0, 0.05) is 24.0 Å². The van der Waals surface area contributed by atoms with E-state index in [4.69, 9.17) is 9.47 Å². The number of nitrogens with one attached hydrogen (secondary N) is 3. The first-order valence-corrected chi connectivity index (χ1v) is 10.5. The molecule has 0 aliphatic rings. The van der Waals surface area contributed by atoms with Crippen LogP contribution in [0.3, 0.4) is 0 Å². The highest BCUT2D eigenvalue weighted by Crippen LogP contribution is 2.18. The van der Waals surface area contributed by atoms with Gasteiger partial charge in [0.05, 0.1) is 19.9 Å². The van der Waals surface area contributed by atoms with Crippen molar-refractivity contribution in [3.8, 4) is 11.5 Å². The molecule has 9 heteroatoms. The number of aryl methyl sites for hydroxylation is 1. The predicted molar refractivity (Wildman–Crippen MR) is 121 cm³/mol. The van der Waals surface area contributed by atoms with Crippen molar-refractivity contribution in [1.82, 2.24) is 10.3 Å². The number of carbonyl (C=O) groups excluding carboxylic acids is 2. The number of aromatic nitrogens is 1. The number of carbonyl (C=O) groups is 2. The summed E-state index contributed by atoms with van der Waals surface area (Å²) in [5.74, 6) is 1.40. The van der Waals surface area contributed by atoms with E-state index in [0.29, 0.717) is 36.0 Å². The molecule has 1 aromatic heterocycles. The van der Waals surface area contributed by atoms with E-state index in [9.17, 15) is 9.59 Å². The molecule has 3 rings (SSSR count). The number of hydrogen-bond donors (Lipinski definition) is 3. The smallest absolute Gasteiger partial charge is 0.325 e. The third kappa shape index (κ3) is 7.00. The molecule has 3 aromatic rings. The summed E-state index contributed by atoms with van der Waals surface area (Å²) in [7, 11) is 3.19. The first-order chi connectivity index (χ1) is 15.1. The van der Waals surface area contributed by atoms with Gasteiger partial charge < -0.3 is 20.1 Å². The molecular weight excluding hydrogens is 416 g/mol. The van der Waals surface area contributed by atoms with Crippen LogP contribution in [0.5, 0.6) is 11.5 Å². The zero-order valence-electron chi connectivity index (χ0n) is 17.3. The lowest BCUT2D eigenvalue weighted by molar-refractivity contribution is -0.121. The van der Waals surface area contributed by atoms with Gasteiger partial charge in [0.15, 0.2) is 5.13 Å². The zero-order chi connectivity index (χ0) is 22.1. The van der Waals surface area contributed by atoms with Gasteiger partial charge in [0.1, 0.15) is 11.5 Å². The van der Waals surface area contributed by atoms with Crippen LogP contribution in [0.15, 0.2) is 53.9 Å². The number of methoxy groups -OCH3 is 2. The van der Waals surface area contributed by atoms with E-state index < -0.39 is 0 Å². The molecule has 3 N–H and O–H groups in total. The highest BCUT2D eigenvalue weighted by molar-refractivity contribution is 7.13. The van der Waals surface area contributed by atoms with Crippen molar-refractivity contribution in [2.75, 3.05) is 24.9 Å². The van der Waals surface area contributed by atoms with Crippen molar-refractivity contribution in [2.45, 2.75) is 19.4 Å². The molecule has 0 spiro atoms. The first-order valence-electron chi connectivity index (χ1n) is 9.62. The van der Waals surface area contributed by atoms with Crippen LogP contribution in [-0.2, 0) is 17.8 Å². The Balaban J connectivity index is 1.41. The maximum Gasteiger partial charge on any atom is 0.325 e. The van der Waals surface area contributed by atoms with Crippen molar-refractivity contribution >= 4 is 34.1 Å². The van der Waals surface area contributed by atoms with Gasteiger partial charge in [-0.15, -0.1) is 11.3 Å². The van der Waals surface area contributed by atoms with Crippen LogP contribution < -0.4 is 25.4 Å². The Morgan fingerprint density at radius 2 is 1.77 bits per heavy atom. The van der Waals surface area contributed by atoms with Crippen molar-refractivity contribution in [2.24, 2.45) is 0 Å². The fourth-order valence-corrected chi connectivity index (χ4v) is 3.47. The van der Waals surface area contributed by atoms with Gasteiger partial charge in [0.25, 0.3) is 0 Å². The summed E-state index contributed by atoms with van der Waals surface area (Å²) in [6, 6.07) is 14.2. The van der Waals surface area contributed by atoms with Crippen LogP contribution in [0.25, 0.3) is 0 Å². The summed E-state index contributed by atoms with van der Waals surface area (Å²) in [5.41, 5.74) is 2.36. The summed E-state index contributed by atoms with van der Waals surface area (Å²) in [6.07, 6.45) is 0.799. The Labute approximate surface area is 184 Å². The number of anilines is 2. The fraction of sp³-hybridized carbons (Fsp3) is 0.227. The molecule has 0 unspecified atom stereocenters. The molecule has 0 bridgehead atoms. The molecule has 0 radical (unpaired) electrons. The van der Waals surface area contributed by atoms with E-state index in [1.165, 1.54) is 11.3 Å². The van der Waals surface area contributed by atoms with E-state index in [2.05, 4.69) is 20.9 Å². The Morgan fingerprint density at radius 3 is 2.52 bits per heavy atom. The summed E-state index contributed by atoms with van der Waals surface area (Å²) in [5, 5.41) is 10.6. The molecular formula is C22H24N4O4S. The monoisotopic (exact) mass is 440 g/mol. The SMILES string of the molecule is COc1ccc(NC(=O)Nc2nc(CCC(=O)NCc3cccc(OC)c3)cs2)cc1. The minimum Gasteiger partial charge on any atom is -0.497 e. The molecule has 0 aliphatic carbocycles. The quantitative estimate of drug-likeness (QED) is 0.466. The van der Waals surface area contributed by atoms with E-state index in [0.717, 1.165) is 17.0 Å². The number of amides is 3. The number of ether oxygens (including phenoxy) is 2. The minimum absolute atomic E-state index is 0.0671. The number of urea groups is 1. The number of hydrogen-bond acceptors (Lipinski definition) is 6. The van der Waals surface area contributed by atoms with Crippen LogP contribution in [-0.4, -0.2) is 31.1 Å². The molecule has 1 heterocycles. The van der Waals surface area contributed by atoms with Gasteiger partial charge in [-0.1, -0.05) is 12.1 Å².